The Bertz CT molecular complexity index is 449. The first-order valence-electron chi connectivity index (χ1n) is 5.69. The lowest BCUT2D eigenvalue weighted by atomic mass is 10.4. The van der Waals surface area contributed by atoms with Gasteiger partial charge in [-0.2, -0.15) is 0 Å². The molecule has 2 N–H and O–H groups in total. The van der Waals surface area contributed by atoms with Crippen molar-refractivity contribution in [2.75, 3.05) is 12.3 Å². The van der Waals surface area contributed by atoms with E-state index in [-0.39, 0.29) is 5.75 Å². The monoisotopic (exact) mass is 320 g/mol. The number of halogens is 2. The van der Waals surface area contributed by atoms with Gasteiger partial charge in [-0.25, -0.2) is 4.79 Å². The zero-order valence-corrected chi connectivity index (χ0v) is 12.7. The summed E-state index contributed by atoms with van der Waals surface area (Å²) in [4.78, 5) is 23.4. The van der Waals surface area contributed by atoms with Crippen molar-refractivity contribution < 1.29 is 9.59 Å². The molecule has 0 aliphatic heterocycles. The number of imide groups is 1. The van der Waals surface area contributed by atoms with Crippen molar-refractivity contribution in [3.8, 4) is 0 Å². The van der Waals surface area contributed by atoms with E-state index in [0.717, 1.165) is 6.42 Å². The third-order valence-electron chi connectivity index (χ3n) is 2.06. The van der Waals surface area contributed by atoms with Crippen LogP contribution in [0.15, 0.2) is 23.1 Å². The first-order valence-corrected chi connectivity index (χ1v) is 7.43. The van der Waals surface area contributed by atoms with Crippen LogP contribution in [0.25, 0.3) is 0 Å². The molecule has 0 fully saturated rings. The highest BCUT2D eigenvalue weighted by atomic mass is 35.5. The standard InChI is InChI=1S/C12H14Cl2N2O2S/c1-2-6-15-12(18)16-10(17)7-19-11-8(13)4-3-5-9(11)14/h3-5H,2,6-7H2,1H3,(H2,15,16,17,18). The summed E-state index contributed by atoms with van der Waals surface area (Å²) < 4.78 is 0. The number of rotatable bonds is 5. The Hall–Kier alpha value is -0.910. The second-order valence-corrected chi connectivity index (χ2v) is 5.44. The molecule has 0 radical (unpaired) electrons. The minimum atomic E-state index is -0.488. The van der Waals surface area contributed by atoms with Crippen LogP contribution in [-0.2, 0) is 4.79 Å². The fourth-order valence-corrected chi connectivity index (χ4v) is 2.69. The van der Waals surface area contributed by atoms with Gasteiger partial charge in [0, 0.05) is 11.4 Å². The van der Waals surface area contributed by atoms with Crippen LogP contribution in [0.2, 0.25) is 10.0 Å². The van der Waals surface area contributed by atoms with Crippen molar-refractivity contribution in [3.63, 3.8) is 0 Å². The molecule has 1 aromatic rings. The topological polar surface area (TPSA) is 58.2 Å². The Morgan fingerprint density at radius 1 is 1.26 bits per heavy atom. The van der Waals surface area contributed by atoms with E-state index in [1.165, 1.54) is 11.8 Å². The van der Waals surface area contributed by atoms with Crippen LogP contribution in [0.5, 0.6) is 0 Å². The number of hydrogen-bond acceptors (Lipinski definition) is 3. The third kappa shape index (κ3) is 5.72. The van der Waals surface area contributed by atoms with Crippen LogP contribution in [-0.4, -0.2) is 24.2 Å². The largest absolute Gasteiger partial charge is 0.338 e. The molecule has 0 spiro atoms. The molecule has 3 amide bonds. The van der Waals surface area contributed by atoms with Gasteiger partial charge in [0.05, 0.1) is 15.8 Å². The number of benzene rings is 1. The zero-order chi connectivity index (χ0) is 14.3. The Kier molecular flexibility index (Phi) is 7.05. The Balaban J connectivity index is 2.44. The lowest BCUT2D eigenvalue weighted by Gasteiger charge is -2.07. The second-order valence-electron chi connectivity index (χ2n) is 3.64. The maximum atomic E-state index is 11.5. The zero-order valence-electron chi connectivity index (χ0n) is 10.3. The number of hydrogen-bond donors (Lipinski definition) is 2. The molecule has 0 aliphatic rings. The molecule has 19 heavy (non-hydrogen) atoms. The Morgan fingerprint density at radius 3 is 2.47 bits per heavy atom. The van der Waals surface area contributed by atoms with E-state index in [2.05, 4.69) is 10.6 Å². The Morgan fingerprint density at radius 2 is 1.89 bits per heavy atom. The van der Waals surface area contributed by atoms with Crippen LogP contribution >= 0.6 is 35.0 Å². The molecule has 0 unspecified atom stereocenters. The van der Waals surface area contributed by atoms with Gasteiger partial charge in [-0.05, 0) is 18.6 Å². The highest BCUT2D eigenvalue weighted by Crippen LogP contribution is 2.33. The van der Waals surface area contributed by atoms with E-state index in [1.807, 2.05) is 6.92 Å². The molecule has 0 atom stereocenters. The number of carbonyl (C=O) groups is 2. The van der Waals surface area contributed by atoms with Gasteiger partial charge in [0.2, 0.25) is 5.91 Å². The summed E-state index contributed by atoms with van der Waals surface area (Å²) in [5, 5.41) is 5.75. The fourth-order valence-electron chi connectivity index (χ4n) is 1.20. The minimum absolute atomic E-state index is 0.0724. The average Bonchev–Trinajstić information content (AvgIpc) is 2.35. The summed E-state index contributed by atoms with van der Waals surface area (Å²) in [6, 6.07) is 4.63. The highest BCUT2D eigenvalue weighted by Gasteiger charge is 2.11. The van der Waals surface area contributed by atoms with Crippen molar-refractivity contribution in [1.82, 2.24) is 10.6 Å². The highest BCUT2D eigenvalue weighted by molar-refractivity contribution is 8.00. The maximum Gasteiger partial charge on any atom is 0.321 e. The molecule has 104 valence electrons. The first-order chi connectivity index (χ1) is 9.04. The van der Waals surface area contributed by atoms with Gasteiger partial charge in [-0.3, -0.25) is 10.1 Å². The summed E-state index contributed by atoms with van der Waals surface area (Å²) >= 11 is 13.1. The van der Waals surface area contributed by atoms with Gasteiger partial charge >= 0.3 is 6.03 Å². The molecule has 0 bridgehead atoms. The third-order valence-corrected chi connectivity index (χ3v) is 4.04. The Labute approximate surface area is 126 Å². The lowest BCUT2D eigenvalue weighted by Crippen LogP contribution is -2.40. The van der Waals surface area contributed by atoms with E-state index < -0.39 is 11.9 Å². The van der Waals surface area contributed by atoms with Crippen molar-refractivity contribution in [2.45, 2.75) is 18.2 Å². The normalized spacial score (nSPS) is 10.1. The van der Waals surface area contributed by atoms with Crippen molar-refractivity contribution in [3.05, 3.63) is 28.2 Å². The summed E-state index contributed by atoms with van der Waals surface area (Å²) in [5.41, 5.74) is 0. The van der Waals surface area contributed by atoms with Crippen molar-refractivity contribution in [2.24, 2.45) is 0 Å². The summed E-state index contributed by atoms with van der Waals surface area (Å²) in [6.45, 7) is 2.46. The lowest BCUT2D eigenvalue weighted by molar-refractivity contribution is -0.117. The van der Waals surface area contributed by atoms with E-state index >= 15 is 0 Å². The molecule has 0 aliphatic carbocycles. The molecule has 0 saturated heterocycles. The number of amides is 3. The molecule has 4 nitrogen and oxygen atoms in total. The van der Waals surface area contributed by atoms with Gasteiger partial charge in [0.15, 0.2) is 0 Å². The van der Waals surface area contributed by atoms with Crippen LogP contribution in [0.4, 0.5) is 4.79 Å². The predicted octanol–water partition coefficient (Wildman–Crippen LogP) is 3.32. The van der Waals surface area contributed by atoms with Crippen LogP contribution < -0.4 is 10.6 Å². The first kappa shape index (κ1) is 16.1. The van der Waals surface area contributed by atoms with Crippen LogP contribution in [0.3, 0.4) is 0 Å². The van der Waals surface area contributed by atoms with Crippen molar-refractivity contribution in [1.29, 1.82) is 0 Å². The van der Waals surface area contributed by atoms with Gasteiger partial charge in [-0.1, -0.05) is 36.2 Å². The molecule has 7 heteroatoms. The van der Waals surface area contributed by atoms with Gasteiger partial charge < -0.3 is 5.32 Å². The molecular formula is C12H14Cl2N2O2S. The number of carbonyl (C=O) groups excluding carboxylic acids is 2. The van der Waals surface area contributed by atoms with E-state index in [4.69, 9.17) is 23.2 Å². The molecular weight excluding hydrogens is 307 g/mol. The SMILES string of the molecule is CCCNC(=O)NC(=O)CSc1c(Cl)cccc1Cl. The maximum absolute atomic E-state index is 11.5. The number of nitrogens with one attached hydrogen (secondary N) is 2. The minimum Gasteiger partial charge on any atom is -0.338 e. The smallest absolute Gasteiger partial charge is 0.321 e. The molecule has 0 saturated carbocycles. The van der Waals surface area contributed by atoms with Crippen molar-refractivity contribution >= 4 is 46.9 Å². The van der Waals surface area contributed by atoms with Crippen LogP contribution in [0.1, 0.15) is 13.3 Å². The van der Waals surface area contributed by atoms with Gasteiger partial charge in [0.25, 0.3) is 0 Å². The number of urea groups is 1. The average molecular weight is 321 g/mol. The van der Waals surface area contributed by atoms with E-state index in [9.17, 15) is 9.59 Å². The van der Waals surface area contributed by atoms with Crippen LogP contribution in [0, 0.1) is 0 Å². The summed E-state index contributed by atoms with van der Waals surface area (Å²) in [5.74, 6) is -0.321. The fraction of sp³-hybridized carbons (Fsp3) is 0.333. The number of thioether (sulfide) groups is 1. The predicted molar refractivity (Wildman–Crippen MR) is 79.0 cm³/mol. The molecule has 1 aromatic carbocycles. The van der Waals surface area contributed by atoms with Gasteiger partial charge in [-0.15, -0.1) is 11.8 Å². The molecule has 0 heterocycles. The quantitative estimate of drug-likeness (QED) is 0.818. The summed E-state index contributed by atoms with van der Waals surface area (Å²) in [6.07, 6.45) is 0.811. The second kappa shape index (κ2) is 8.30. The van der Waals surface area contributed by atoms with E-state index in [1.54, 1.807) is 18.2 Å². The van der Waals surface area contributed by atoms with Gasteiger partial charge in [0.1, 0.15) is 0 Å². The molecule has 1 rings (SSSR count). The summed E-state index contributed by atoms with van der Waals surface area (Å²) in [7, 11) is 0. The molecule has 0 aromatic heterocycles. The van der Waals surface area contributed by atoms with E-state index in [0.29, 0.717) is 21.5 Å².